The highest BCUT2D eigenvalue weighted by Crippen LogP contribution is 2.31. The summed E-state index contributed by atoms with van der Waals surface area (Å²) >= 11 is 6.00. The van der Waals surface area contributed by atoms with Crippen molar-refractivity contribution in [2.24, 2.45) is 0 Å². The Morgan fingerprint density at radius 3 is 2.82 bits per heavy atom. The van der Waals surface area contributed by atoms with E-state index in [4.69, 9.17) is 16.0 Å². The third-order valence-electron chi connectivity index (χ3n) is 3.13. The topological polar surface area (TPSA) is 69.1 Å². The van der Waals surface area contributed by atoms with Crippen molar-refractivity contribution in [1.29, 1.82) is 0 Å². The number of halogens is 2. The molecule has 0 aliphatic carbocycles. The van der Waals surface area contributed by atoms with E-state index in [-0.39, 0.29) is 22.4 Å². The summed E-state index contributed by atoms with van der Waals surface area (Å²) in [5.41, 5.74) is 1.24. The zero-order valence-corrected chi connectivity index (χ0v) is 11.7. The number of hydrogen-bond donors (Lipinski definition) is 0. The van der Waals surface area contributed by atoms with Crippen LogP contribution in [0.3, 0.4) is 0 Å². The van der Waals surface area contributed by atoms with Gasteiger partial charge in [-0.25, -0.2) is 13.9 Å². The van der Waals surface area contributed by atoms with Crippen molar-refractivity contribution in [3.8, 4) is 23.0 Å². The molecule has 0 unspecified atom stereocenters. The highest BCUT2D eigenvalue weighted by molar-refractivity contribution is 6.33. The van der Waals surface area contributed by atoms with Crippen LogP contribution in [-0.4, -0.2) is 24.8 Å². The third kappa shape index (κ3) is 1.94. The minimum absolute atomic E-state index is 0.00131. The molecule has 1 aromatic carbocycles. The van der Waals surface area contributed by atoms with Crippen LogP contribution in [-0.2, 0) is 0 Å². The second-order valence-electron chi connectivity index (χ2n) is 4.45. The van der Waals surface area contributed by atoms with E-state index in [0.717, 1.165) is 0 Å². The lowest BCUT2D eigenvalue weighted by atomic mass is 10.2. The molecule has 4 aromatic rings. The van der Waals surface area contributed by atoms with E-state index in [1.54, 1.807) is 35.2 Å². The summed E-state index contributed by atoms with van der Waals surface area (Å²) in [5, 5.41) is 12.1. The summed E-state index contributed by atoms with van der Waals surface area (Å²) in [7, 11) is 0. The third-order valence-corrected chi connectivity index (χ3v) is 3.44. The van der Waals surface area contributed by atoms with E-state index in [1.807, 2.05) is 0 Å². The Kier molecular flexibility index (Phi) is 2.87. The van der Waals surface area contributed by atoms with Crippen LogP contribution in [0.1, 0.15) is 0 Å². The van der Waals surface area contributed by atoms with E-state index < -0.39 is 5.82 Å². The van der Waals surface area contributed by atoms with Crippen molar-refractivity contribution >= 4 is 17.1 Å². The number of hydrogen-bond acceptors (Lipinski definition) is 5. The van der Waals surface area contributed by atoms with Gasteiger partial charge in [-0.3, -0.25) is 0 Å². The molecule has 0 atom stereocenters. The Bertz CT molecular complexity index is 960. The van der Waals surface area contributed by atoms with Gasteiger partial charge in [-0.2, -0.15) is 5.10 Å². The molecule has 3 heterocycles. The van der Waals surface area contributed by atoms with Crippen LogP contribution in [0.5, 0.6) is 0 Å². The first-order valence-electron chi connectivity index (χ1n) is 6.30. The fraction of sp³-hybridized carbons (Fsp3) is 0. The maximum Gasteiger partial charge on any atom is 0.268 e. The standard InChI is InChI=1S/C14H7ClFN5O/c15-8-2-1-3-9(16)11(8)13-19-20-14(22-13)12-10-4-5-18-21(10)7-6-17-12/h1-7H. The van der Waals surface area contributed by atoms with Crippen LogP contribution < -0.4 is 0 Å². The lowest BCUT2D eigenvalue weighted by Crippen LogP contribution is -1.91. The van der Waals surface area contributed by atoms with Gasteiger partial charge in [-0.05, 0) is 18.2 Å². The van der Waals surface area contributed by atoms with Crippen LogP contribution in [0, 0.1) is 5.82 Å². The predicted octanol–water partition coefficient (Wildman–Crippen LogP) is 3.24. The van der Waals surface area contributed by atoms with Gasteiger partial charge in [0.15, 0.2) is 5.69 Å². The van der Waals surface area contributed by atoms with Crippen molar-refractivity contribution in [3.63, 3.8) is 0 Å². The summed E-state index contributed by atoms with van der Waals surface area (Å²) < 4.78 is 21.1. The zero-order valence-electron chi connectivity index (χ0n) is 10.9. The van der Waals surface area contributed by atoms with Crippen molar-refractivity contribution < 1.29 is 8.81 Å². The molecule has 0 bridgehead atoms. The molecular formula is C14H7ClFN5O. The Morgan fingerprint density at radius 1 is 1.09 bits per heavy atom. The smallest absolute Gasteiger partial charge is 0.268 e. The van der Waals surface area contributed by atoms with E-state index in [1.165, 1.54) is 12.1 Å². The summed E-state index contributed by atoms with van der Waals surface area (Å²) in [6.45, 7) is 0. The molecule has 0 aliphatic rings. The van der Waals surface area contributed by atoms with Gasteiger partial charge in [-0.15, -0.1) is 10.2 Å². The average molecular weight is 316 g/mol. The number of benzene rings is 1. The average Bonchev–Trinajstić information content (AvgIpc) is 3.15. The minimum Gasteiger partial charge on any atom is -0.414 e. The van der Waals surface area contributed by atoms with Crippen molar-refractivity contribution in [2.75, 3.05) is 0 Å². The lowest BCUT2D eigenvalue weighted by Gasteiger charge is -2.00. The van der Waals surface area contributed by atoms with Crippen molar-refractivity contribution in [3.05, 3.63) is 53.7 Å². The highest BCUT2D eigenvalue weighted by Gasteiger charge is 2.19. The monoisotopic (exact) mass is 315 g/mol. The minimum atomic E-state index is -0.529. The normalized spacial score (nSPS) is 11.2. The number of fused-ring (bicyclic) bond motifs is 1. The Labute approximate surface area is 128 Å². The van der Waals surface area contributed by atoms with Crippen LogP contribution in [0.4, 0.5) is 4.39 Å². The Hall–Kier alpha value is -2.80. The van der Waals surface area contributed by atoms with Crippen LogP contribution >= 0.6 is 11.6 Å². The first-order chi connectivity index (χ1) is 10.7. The van der Waals surface area contributed by atoms with Crippen molar-refractivity contribution in [1.82, 2.24) is 24.8 Å². The SMILES string of the molecule is Fc1cccc(Cl)c1-c1nnc(-c2nccn3nccc23)o1. The van der Waals surface area contributed by atoms with E-state index in [2.05, 4.69) is 20.3 Å². The quantitative estimate of drug-likeness (QED) is 0.568. The van der Waals surface area contributed by atoms with Crippen molar-refractivity contribution in [2.45, 2.75) is 0 Å². The van der Waals surface area contributed by atoms with E-state index >= 15 is 0 Å². The molecule has 0 spiro atoms. The van der Waals surface area contributed by atoms with Gasteiger partial charge in [0.05, 0.1) is 22.3 Å². The second kappa shape index (κ2) is 4.88. The molecule has 3 aromatic heterocycles. The summed E-state index contributed by atoms with van der Waals surface area (Å²) in [4.78, 5) is 4.22. The first kappa shape index (κ1) is 12.9. The molecule has 6 nitrogen and oxygen atoms in total. The molecule has 0 N–H and O–H groups in total. The maximum absolute atomic E-state index is 13.9. The van der Waals surface area contributed by atoms with Crippen LogP contribution in [0.15, 0.2) is 47.3 Å². The Morgan fingerprint density at radius 2 is 1.95 bits per heavy atom. The summed E-state index contributed by atoms with van der Waals surface area (Å²) in [5.74, 6) is -0.361. The molecule has 108 valence electrons. The van der Waals surface area contributed by atoms with E-state index in [9.17, 15) is 4.39 Å². The van der Waals surface area contributed by atoms with Gasteiger partial charge < -0.3 is 4.42 Å². The second-order valence-corrected chi connectivity index (χ2v) is 4.85. The molecule has 8 heteroatoms. The summed E-state index contributed by atoms with van der Waals surface area (Å²) in [6.07, 6.45) is 4.89. The molecule has 22 heavy (non-hydrogen) atoms. The van der Waals surface area contributed by atoms with Gasteiger partial charge >= 0.3 is 0 Å². The van der Waals surface area contributed by atoms with Gasteiger partial charge in [0.1, 0.15) is 5.82 Å². The number of aromatic nitrogens is 5. The van der Waals surface area contributed by atoms with Gasteiger partial charge in [0.25, 0.3) is 11.8 Å². The predicted molar refractivity (Wildman–Crippen MR) is 76.7 cm³/mol. The zero-order chi connectivity index (χ0) is 15.1. The highest BCUT2D eigenvalue weighted by atomic mass is 35.5. The largest absolute Gasteiger partial charge is 0.414 e. The lowest BCUT2D eigenvalue weighted by molar-refractivity contribution is 0.569. The van der Waals surface area contributed by atoms with E-state index in [0.29, 0.717) is 11.2 Å². The molecule has 0 aliphatic heterocycles. The van der Waals surface area contributed by atoms with Gasteiger partial charge in [0.2, 0.25) is 0 Å². The molecule has 0 saturated carbocycles. The van der Waals surface area contributed by atoms with Crippen LogP contribution in [0.2, 0.25) is 5.02 Å². The first-order valence-corrected chi connectivity index (χ1v) is 6.68. The number of nitrogens with zero attached hydrogens (tertiary/aromatic N) is 5. The molecule has 0 radical (unpaired) electrons. The fourth-order valence-electron chi connectivity index (χ4n) is 2.14. The molecule has 0 fully saturated rings. The molecule has 0 amide bonds. The fourth-order valence-corrected chi connectivity index (χ4v) is 2.39. The molecule has 4 rings (SSSR count). The van der Waals surface area contributed by atoms with Gasteiger partial charge in [-0.1, -0.05) is 17.7 Å². The maximum atomic E-state index is 13.9. The molecular weight excluding hydrogens is 309 g/mol. The van der Waals surface area contributed by atoms with Gasteiger partial charge in [0, 0.05) is 12.4 Å². The van der Waals surface area contributed by atoms with Crippen LogP contribution in [0.25, 0.3) is 28.6 Å². The summed E-state index contributed by atoms with van der Waals surface area (Å²) in [6, 6.07) is 6.11. The molecule has 0 saturated heterocycles. The Balaban J connectivity index is 1.87. The number of rotatable bonds is 2.